The Kier molecular flexibility index (Phi) is 19.5. The van der Waals surface area contributed by atoms with Crippen molar-refractivity contribution in [1.82, 2.24) is 0 Å². The standard InChI is InChI=1S/C5H10O3.CH3.Li/c1-2-3-8-4-5(6)7;;/h2-4H2,1H3,(H,6,7);1H3;/q;-1;+1. The van der Waals surface area contributed by atoms with Crippen LogP contribution < -0.4 is 18.9 Å². The Labute approximate surface area is 73.9 Å². The Bertz CT molecular complexity index is 75.4. The van der Waals surface area contributed by atoms with Gasteiger partial charge in [0.2, 0.25) is 0 Å². The monoisotopic (exact) mass is 140 g/mol. The maximum absolute atomic E-state index is 9.75. The number of hydrogen-bond donors (Lipinski definition) is 1. The second-order valence-corrected chi connectivity index (χ2v) is 1.45. The minimum atomic E-state index is -0.904. The van der Waals surface area contributed by atoms with Crippen LogP contribution in [0, 0.1) is 7.43 Å². The zero-order chi connectivity index (χ0) is 6.41. The normalized spacial score (nSPS) is 7.30. The summed E-state index contributed by atoms with van der Waals surface area (Å²) in [6.45, 7) is 2.29. The molecule has 0 radical (unpaired) electrons. The van der Waals surface area contributed by atoms with Gasteiger partial charge in [0.05, 0.1) is 0 Å². The molecule has 0 saturated carbocycles. The van der Waals surface area contributed by atoms with Crippen molar-refractivity contribution in [3.05, 3.63) is 7.43 Å². The molecular weight excluding hydrogens is 127 g/mol. The molecule has 10 heavy (non-hydrogen) atoms. The molecule has 3 nitrogen and oxygen atoms in total. The predicted octanol–water partition coefficient (Wildman–Crippen LogP) is -2.05. The van der Waals surface area contributed by atoms with E-state index < -0.39 is 5.97 Å². The molecular formula is C6H13LiO3. The van der Waals surface area contributed by atoms with Crippen molar-refractivity contribution in [3.63, 3.8) is 0 Å². The molecule has 0 fully saturated rings. The summed E-state index contributed by atoms with van der Waals surface area (Å²) in [6, 6.07) is 0. The van der Waals surface area contributed by atoms with E-state index in [9.17, 15) is 4.79 Å². The van der Waals surface area contributed by atoms with Crippen LogP contribution >= 0.6 is 0 Å². The first kappa shape index (κ1) is 16.5. The third kappa shape index (κ3) is 15.7. The van der Waals surface area contributed by atoms with E-state index in [1.165, 1.54) is 0 Å². The summed E-state index contributed by atoms with van der Waals surface area (Å²) in [5.74, 6) is -0.904. The van der Waals surface area contributed by atoms with E-state index in [-0.39, 0.29) is 32.9 Å². The first-order chi connectivity index (χ1) is 3.77. The molecule has 0 aliphatic rings. The number of carboxylic acid groups (broad SMARTS) is 1. The summed E-state index contributed by atoms with van der Waals surface area (Å²) in [7, 11) is 0. The Hall–Kier alpha value is 0.0274. The number of hydrogen-bond acceptors (Lipinski definition) is 2. The molecule has 0 aliphatic heterocycles. The molecule has 0 atom stereocenters. The molecule has 0 saturated heterocycles. The molecule has 0 unspecified atom stereocenters. The Morgan fingerprint density at radius 3 is 2.40 bits per heavy atom. The van der Waals surface area contributed by atoms with Gasteiger partial charge in [-0.05, 0) is 6.42 Å². The quantitative estimate of drug-likeness (QED) is 0.278. The van der Waals surface area contributed by atoms with E-state index >= 15 is 0 Å². The van der Waals surface area contributed by atoms with E-state index in [0.29, 0.717) is 6.61 Å². The maximum atomic E-state index is 9.75. The first-order valence-electron chi connectivity index (χ1n) is 2.57. The minimum Gasteiger partial charge on any atom is -0.480 e. The summed E-state index contributed by atoms with van der Waals surface area (Å²) in [6.07, 6.45) is 0.868. The molecule has 0 aromatic heterocycles. The van der Waals surface area contributed by atoms with Gasteiger partial charge >= 0.3 is 24.8 Å². The average molecular weight is 140 g/mol. The molecule has 0 aliphatic carbocycles. The molecule has 0 aromatic rings. The Morgan fingerprint density at radius 1 is 1.60 bits per heavy atom. The van der Waals surface area contributed by atoms with Crippen LogP contribution in [0.3, 0.4) is 0 Å². The van der Waals surface area contributed by atoms with E-state index in [1.807, 2.05) is 6.92 Å². The van der Waals surface area contributed by atoms with Gasteiger partial charge in [-0.2, -0.15) is 0 Å². The number of aliphatic carboxylic acids is 1. The Morgan fingerprint density at radius 2 is 2.10 bits per heavy atom. The van der Waals surface area contributed by atoms with Crippen molar-refractivity contribution in [3.8, 4) is 0 Å². The SMILES string of the molecule is CCCOCC(=O)O.[CH3-].[Li+]. The van der Waals surface area contributed by atoms with Crippen LogP contribution in [0.4, 0.5) is 0 Å². The van der Waals surface area contributed by atoms with E-state index in [1.54, 1.807) is 0 Å². The molecule has 0 bridgehead atoms. The van der Waals surface area contributed by atoms with Crippen LogP contribution in [-0.2, 0) is 9.53 Å². The van der Waals surface area contributed by atoms with Crippen molar-refractivity contribution < 1.29 is 33.5 Å². The van der Waals surface area contributed by atoms with E-state index in [2.05, 4.69) is 4.74 Å². The van der Waals surface area contributed by atoms with Gasteiger partial charge in [0.25, 0.3) is 0 Å². The summed E-state index contributed by atoms with van der Waals surface area (Å²) in [4.78, 5) is 9.75. The van der Waals surface area contributed by atoms with Crippen LogP contribution in [0.5, 0.6) is 0 Å². The smallest absolute Gasteiger partial charge is 0.480 e. The largest absolute Gasteiger partial charge is 1.00 e. The zero-order valence-corrected chi connectivity index (χ0v) is 6.89. The van der Waals surface area contributed by atoms with Crippen molar-refractivity contribution in [2.45, 2.75) is 13.3 Å². The van der Waals surface area contributed by atoms with Crippen LogP contribution in [-0.4, -0.2) is 24.3 Å². The summed E-state index contributed by atoms with van der Waals surface area (Å²) in [5, 5.41) is 8.02. The van der Waals surface area contributed by atoms with Gasteiger partial charge < -0.3 is 17.3 Å². The van der Waals surface area contributed by atoms with Gasteiger partial charge in [-0.3, -0.25) is 0 Å². The first-order valence-corrected chi connectivity index (χ1v) is 2.57. The van der Waals surface area contributed by atoms with Crippen LogP contribution in [0.2, 0.25) is 0 Å². The fraction of sp³-hybridized carbons (Fsp3) is 0.667. The summed E-state index contributed by atoms with van der Waals surface area (Å²) < 4.78 is 4.64. The Balaban J connectivity index is -0.000000245. The third-order valence-electron chi connectivity index (χ3n) is 0.574. The van der Waals surface area contributed by atoms with Crippen molar-refractivity contribution in [2.24, 2.45) is 0 Å². The maximum Gasteiger partial charge on any atom is 1.00 e. The third-order valence-corrected chi connectivity index (χ3v) is 0.574. The van der Waals surface area contributed by atoms with Gasteiger partial charge in [0.1, 0.15) is 6.61 Å². The molecule has 0 aromatic carbocycles. The zero-order valence-electron chi connectivity index (χ0n) is 6.89. The van der Waals surface area contributed by atoms with Gasteiger partial charge in [0, 0.05) is 6.61 Å². The predicted molar refractivity (Wildman–Crippen MR) is 35.2 cm³/mol. The second kappa shape index (κ2) is 11.8. The number of carboxylic acids is 1. The van der Waals surface area contributed by atoms with Crippen LogP contribution in [0.15, 0.2) is 0 Å². The summed E-state index contributed by atoms with van der Waals surface area (Å²) in [5.41, 5.74) is 0. The molecule has 4 heteroatoms. The van der Waals surface area contributed by atoms with Gasteiger partial charge in [-0.15, -0.1) is 0 Å². The van der Waals surface area contributed by atoms with Gasteiger partial charge in [0.15, 0.2) is 0 Å². The van der Waals surface area contributed by atoms with E-state index in [4.69, 9.17) is 5.11 Å². The molecule has 0 heterocycles. The molecule has 1 N–H and O–H groups in total. The van der Waals surface area contributed by atoms with Crippen molar-refractivity contribution in [2.75, 3.05) is 13.2 Å². The van der Waals surface area contributed by atoms with Crippen molar-refractivity contribution in [1.29, 1.82) is 0 Å². The number of rotatable bonds is 4. The van der Waals surface area contributed by atoms with Crippen molar-refractivity contribution >= 4 is 5.97 Å². The molecule has 0 rings (SSSR count). The summed E-state index contributed by atoms with van der Waals surface area (Å²) >= 11 is 0. The van der Waals surface area contributed by atoms with Gasteiger partial charge in [-0.25, -0.2) is 4.79 Å². The van der Waals surface area contributed by atoms with E-state index in [0.717, 1.165) is 6.42 Å². The van der Waals surface area contributed by atoms with Gasteiger partial charge in [-0.1, -0.05) is 6.92 Å². The number of carbonyl (C=O) groups is 1. The second-order valence-electron chi connectivity index (χ2n) is 1.45. The fourth-order valence-electron chi connectivity index (χ4n) is 0.304. The average Bonchev–Trinajstić information content (AvgIpc) is 1.66. The number of ether oxygens (including phenoxy) is 1. The molecule has 0 amide bonds. The molecule has 56 valence electrons. The topological polar surface area (TPSA) is 46.5 Å². The van der Waals surface area contributed by atoms with Crippen LogP contribution in [0.25, 0.3) is 0 Å². The minimum absolute atomic E-state index is 0. The fourth-order valence-corrected chi connectivity index (χ4v) is 0.304. The van der Waals surface area contributed by atoms with Crippen LogP contribution in [0.1, 0.15) is 13.3 Å². The molecule has 0 spiro atoms.